The van der Waals surface area contributed by atoms with Crippen molar-refractivity contribution < 1.29 is 9.47 Å². The van der Waals surface area contributed by atoms with Crippen LogP contribution in [0.1, 0.15) is 29.9 Å². The molecule has 0 unspecified atom stereocenters. The lowest BCUT2D eigenvalue weighted by atomic mass is 10.1. The van der Waals surface area contributed by atoms with Crippen molar-refractivity contribution in [2.75, 3.05) is 19.5 Å². The molecule has 0 saturated carbocycles. The molecule has 0 spiro atoms. The lowest BCUT2D eigenvalue weighted by molar-refractivity contribution is 0.355. The molecule has 4 aromatic rings. The molecule has 1 N–H and O–H groups in total. The summed E-state index contributed by atoms with van der Waals surface area (Å²) in [5, 5.41) is 8.39. The normalized spacial score (nSPS) is 12.0. The number of nitrogens with zero attached hydrogens (tertiary/aromatic N) is 3. The Labute approximate surface area is 176 Å². The summed E-state index contributed by atoms with van der Waals surface area (Å²) in [4.78, 5) is 4.80. The number of fused-ring (bicyclic) bond motifs is 1. The number of methoxy groups -OCH3 is 2. The molecule has 6 heteroatoms. The summed E-state index contributed by atoms with van der Waals surface area (Å²) in [6.07, 6.45) is 0. The summed E-state index contributed by atoms with van der Waals surface area (Å²) in [6.45, 7) is 6.14. The van der Waals surface area contributed by atoms with Gasteiger partial charge in [-0.15, -0.1) is 0 Å². The summed E-state index contributed by atoms with van der Waals surface area (Å²) in [5.41, 5.74) is 5.81. The average Bonchev–Trinajstić information content (AvgIpc) is 3.09. The van der Waals surface area contributed by atoms with Crippen LogP contribution in [0, 0.1) is 13.8 Å². The summed E-state index contributed by atoms with van der Waals surface area (Å²) < 4.78 is 12.8. The van der Waals surface area contributed by atoms with Gasteiger partial charge in [0.15, 0.2) is 17.1 Å². The van der Waals surface area contributed by atoms with E-state index in [0.29, 0.717) is 11.5 Å². The van der Waals surface area contributed by atoms with Crippen molar-refractivity contribution in [1.29, 1.82) is 0 Å². The molecule has 30 heavy (non-hydrogen) atoms. The minimum absolute atomic E-state index is 0.130. The van der Waals surface area contributed by atoms with Crippen molar-refractivity contribution in [2.45, 2.75) is 26.8 Å². The fourth-order valence-electron chi connectivity index (χ4n) is 3.72. The van der Waals surface area contributed by atoms with Gasteiger partial charge in [-0.1, -0.05) is 36.4 Å². The number of anilines is 1. The van der Waals surface area contributed by atoms with Gasteiger partial charge in [0.1, 0.15) is 5.82 Å². The first-order chi connectivity index (χ1) is 14.5. The molecule has 0 amide bonds. The Morgan fingerprint density at radius 3 is 2.37 bits per heavy atom. The number of hydrogen-bond acceptors (Lipinski definition) is 5. The van der Waals surface area contributed by atoms with E-state index in [-0.39, 0.29) is 6.04 Å². The molecule has 0 fully saturated rings. The fourth-order valence-corrected chi connectivity index (χ4v) is 3.72. The first kappa shape index (κ1) is 19.8. The molecule has 154 valence electrons. The second-order valence-corrected chi connectivity index (χ2v) is 7.33. The van der Waals surface area contributed by atoms with Crippen LogP contribution in [0.25, 0.3) is 16.8 Å². The van der Waals surface area contributed by atoms with Gasteiger partial charge in [-0.25, -0.2) is 4.98 Å². The Hall–Kier alpha value is -3.54. The van der Waals surface area contributed by atoms with Crippen molar-refractivity contribution in [3.05, 3.63) is 71.5 Å². The van der Waals surface area contributed by atoms with Crippen LogP contribution in [0.4, 0.5) is 5.82 Å². The molecule has 0 aliphatic carbocycles. The van der Waals surface area contributed by atoms with Crippen LogP contribution >= 0.6 is 0 Å². The Morgan fingerprint density at radius 1 is 0.933 bits per heavy atom. The van der Waals surface area contributed by atoms with Crippen LogP contribution in [0.5, 0.6) is 11.5 Å². The van der Waals surface area contributed by atoms with Crippen molar-refractivity contribution in [1.82, 2.24) is 14.6 Å². The van der Waals surface area contributed by atoms with Crippen LogP contribution in [0.15, 0.2) is 54.6 Å². The summed E-state index contributed by atoms with van der Waals surface area (Å²) in [6, 6.07) is 18.4. The minimum atomic E-state index is 0.130. The molecule has 2 aromatic heterocycles. The molecule has 2 aromatic carbocycles. The van der Waals surface area contributed by atoms with Crippen molar-refractivity contribution in [2.24, 2.45) is 0 Å². The molecule has 0 radical (unpaired) electrons. The molecular formula is C24H26N4O2. The standard InChI is InChI=1S/C24H26N4O2/c1-15-13-22(26-16(2)18-9-7-6-8-10-18)28-24(25-15)23(17(3)27-28)19-11-12-20(29-4)21(14-19)30-5/h6-14,16,26H,1-5H3/t16-/m0/s1. The highest BCUT2D eigenvalue weighted by Crippen LogP contribution is 2.36. The van der Waals surface area contributed by atoms with E-state index < -0.39 is 0 Å². The number of aromatic nitrogens is 3. The lowest BCUT2D eigenvalue weighted by Gasteiger charge is -2.17. The van der Waals surface area contributed by atoms with Crippen molar-refractivity contribution >= 4 is 11.5 Å². The van der Waals surface area contributed by atoms with Gasteiger partial charge >= 0.3 is 0 Å². The highest BCUT2D eigenvalue weighted by atomic mass is 16.5. The second-order valence-electron chi connectivity index (χ2n) is 7.33. The number of hydrogen-bond donors (Lipinski definition) is 1. The summed E-state index contributed by atoms with van der Waals surface area (Å²) in [5.74, 6) is 2.28. The van der Waals surface area contributed by atoms with E-state index in [1.54, 1.807) is 14.2 Å². The van der Waals surface area contributed by atoms with E-state index >= 15 is 0 Å². The monoisotopic (exact) mass is 402 g/mol. The van der Waals surface area contributed by atoms with Crippen LogP contribution in [-0.4, -0.2) is 28.8 Å². The third-order valence-electron chi connectivity index (χ3n) is 5.23. The highest BCUT2D eigenvalue weighted by Gasteiger charge is 2.18. The van der Waals surface area contributed by atoms with E-state index in [1.807, 2.05) is 60.8 Å². The number of rotatable bonds is 6. The maximum absolute atomic E-state index is 5.49. The third kappa shape index (κ3) is 3.56. The number of benzene rings is 2. The topological polar surface area (TPSA) is 60.7 Å². The zero-order valence-corrected chi connectivity index (χ0v) is 17.9. The quantitative estimate of drug-likeness (QED) is 0.480. The Bertz CT molecular complexity index is 1190. The first-order valence-electron chi connectivity index (χ1n) is 9.92. The van der Waals surface area contributed by atoms with Crippen molar-refractivity contribution in [3.8, 4) is 22.6 Å². The molecule has 1 atom stereocenters. The van der Waals surface area contributed by atoms with Crippen molar-refractivity contribution in [3.63, 3.8) is 0 Å². The number of nitrogens with one attached hydrogen (secondary N) is 1. The molecule has 4 rings (SSSR count). The Morgan fingerprint density at radius 2 is 1.67 bits per heavy atom. The fraction of sp³-hybridized carbons (Fsp3) is 0.250. The van der Waals surface area contributed by atoms with E-state index in [4.69, 9.17) is 19.6 Å². The van der Waals surface area contributed by atoms with Gasteiger partial charge < -0.3 is 14.8 Å². The van der Waals surface area contributed by atoms with Crippen LogP contribution in [0.3, 0.4) is 0 Å². The predicted octanol–water partition coefficient (Wildman–Crippen LogP) is 5.20. The maximum atomic E-state index is 5.49. The third-order valence-corrected chi connectivity index (χ3v) is 5.23. The van der Waals surface area contributed by atoms with Crippen LogP contribution in [-0.2, 0) is 0 Å². The predicted molar refractivity (Wildman–Crippen MR) is 119 cm³/mol. The molecule has 0 aliphatic heterocycles. The molecule has 0 aliphatic rings. The van der Waals surface area contributed by atoms with Crippen LogP contribution < -0.4 is 14.8 Å². The van der Waals surface area contributed by atoms with Crippen LogP contribution in [0.2, 0.25) is 0 Å². The van der Waals surface area contributed by atoms with E-state index in [1.165, 1.54) is 5.56 Å². The average molecular weight is 402 g/mol. The molecule has 6 nitrogen and oxygen atoms in total. The van der Waals surface area contributed by atoms with Gasteiger partial charge in [0.25, 0.3) is 0 Å². The van der Waals surface area contributed by atoms with Gasteiger partial charge in [0.2, 0.25) is 0 Å². The van der Waals surface area contributed by atoms with E-state index in [9.17, 15) is 0 Å². The largest absolute Gasteiger partial charge is 0.493 e. The van der Waals surface area contributed by atoms with Gasteiger partial charge in [0, 0.05) is 23.4 Å². The number of aryl methyl sites for hydroxylation is 2. The molecule has 2 heterocycles. The Kier molecular flexibility index (Phi) is 5.31. The van der Waals surface area contributed by atoms with Gasteiger partial charge in [-0.05, 0) is 44.0 Å². The zero-order valence-electron chi connectivity index (χ0n) is 17.9. The Balaban J connectivity index is 1.81. The highest BCUT2D eigenvalue weighted by molar-refractivity contribution is 5.82. The maximum Gasteiger partial charge on any atom is 0.165 e. The van der Waals surface area contributed by atoms with Gasteiger partial charge in [0.05, 0.1) is 19.9 Å². The summed E-state index contributed by atoms with van der Waals surface area (Å²) >= 11 is 0. The minimum Gasteiger partial charge on any atom is -0.493 e. The zero-order chi connectivity index (χ0) is 21.3. The summed E-state index contributed by atoms with van der Waals surface area (Å²) in [7, 11) is 3.27. The number of ether oxygens (including phenoxy) is 2. The first-order valence-corrected chi connectivity index (χ1v) is 9.92. The second kappa shape index (κ2) is 8.06. The smallest absolute Gasteiger partial charge is 0.165 e. The van der Waals surface area contributed by atoms with Gasteiger partial charge in [-0.3, -0.25) is 0 Å². The molecular weight excluding hydrogens is 376 g/mol. The van der Waals surface area contributed by atoms with E-state index in [0.717, 1.165) is 34.0 Å². The molecule has 0 saturated heterocycles. The lowest BCUT2D eigenvalue weighted by Crippen LogP contribution is -2.11. The SMILES string of the molecule is COc1ccc(-c2c(C)nn3c(N[C@@H](C)c4ccccc4)cc(C)nc23)cc1OC. The molecule has 0 bridgehead atoms. The van der Waals surface area contributed by atoms with E-state index in [2.05, 4.69) is 24.4 Å². The van der Waals surface area contributed by atoms with Gasteiger partial charge in [-0.2, -0.15) is 9.61 Å².